The Hall–Kier alpha value is -0.550. The molecule has 0 N–H and O–H groups in total. The van der Waals surface area contributed by atoms with E-state index < -0.39 is 0 Å². The average molecular weight is 192 g/mol. The predicted molar refractivity (Wildman–Crippen MR) is 56.8 cm³/mol. The number of hydrogen-bond acceptors (Lipinski definition) is 2. The molecule has 0 amide bonds. The molecular formula is C12H20N2. The Bertz CT molecular complexity index is 209. The van der Waals surface area contributed by atoms with Crippen LogP contribution in [0.5, 0.6) is 0 Å². The largest absolute Gasteiger partial charge is 0.287 e. The minimum Gasteiger partial charge on any atom is -0.287 e. The Morgan fingerprint density at radius 1 is 1.07 bits per heavy atom. The first-order chi connectivity index (χ1) is 6.90. The molecule has 78 valence electrons. The molecule has 2 aliphatic carbocycles. The zero-order valence-electron chi connectivity index (χ0n) is 8.91. The summed E-state index contributed by atoms with van der Waals surface area (Å²) >= 11 is 0. The summed E-state index contributed by atoms with van der Waals surface area (Å²) < 4.78 is 0. The second-order valence-electron chi connectivity index (χ2n) is 4.82. The molecule has 0 heterocycles. The first-order valence-electron chi connectivity index (χ1n) is 6.01. The third-order valence-corrected chi connectivity index (χ3v) is 3.83. The van der Waals surface area contributed by atoms with Gasteiger partial charge in [0.2, 0.25) is 0 Å². The van der Waals surface area contributed by atoms with Gasteiger partial charge in [-0.05, 0) is 31.6 Å². The zero-order chi connectivity index (χ0) is 9.80. The van der Waals surface area contributed by atoms with Crippen LogP contribution in [0.25, 0.3) is 0 Å². The molecule has 0 spiro atoms. The summed E-state index contributed by atoms with van der Waals surface area (Å²) in [5, 5.41) is 8.81. The van der Waals surface area contributed by atoms with Crippen LogP contribution in [-0.2, 0) is 0 Å². The monoisotopic (exact) mass is 192 g/mol. The second-order valence-corrected chi connectivity index (χ2v) is 4.82. The van der Waals surface area contributed by atoms with Crippen LogP contribution in [0.4, 0.5) is 0 Å². The van der Waals surface area contributed by atoms with Crippen LogP contribution in [-0.4, -0.2) is 24.0 Å². The minimum atomic E-state index is 0.654. The van der Waals surface area contributed by atoms with E-state index in [0.717, 1.165) is 12.0 Å². The molecule has 0 atom stereocenters. The van der Waals surface area contributed by atoms with E-state index in [2.05, 4.69) is 11.0 Å². The van der Waals surface area contributed by atoms with Crippen molar-refractivity contribution >= 4 is 0 Å². The summed E-state index contributed by atoms with van der Waals surface area (Å²) in [6.07, 6.45) is 9.61. The zero-order valence-corrected chi connectivity index (χ0v) is 8.91. The molecule has 0 aromatic carbocycles. The van der Waals surface area contributed by atoms with Crippen LogP contribution in [0, 0.1) is 17.2 Å². The van der Waals surface area contributed by atoms with E-state index in [1.807, 2.05) is 0 Å². The molecule has 2 rings (SSSR count). The first-order valence-corrected chi connectivity index (χ1v) is 6.01. The summed E-state index contributed by atoms with van der Waals surface area (Å²) in [6, 6.07) is 3.06. The van der Waals surface area contributed by atoms with Crippen LogP contribution >= 0.6 is 0 Å². The molecule has 14 heavy (non-hydrogen) atoms. The number of nitrogens with zero attached hydrogens (tertiary/aromatic N) is 2. The van der Waals surface area contributed by atoms with Gasteiger partial charge in [-0.15, -0.1) is 0 Å². The first kappa shape index (κ1) is 9.98. The van der Waals surface area contributed by atoms with Gasteiger partial charge >= 0.3 is 0 Å². The van der Waals surface area contributed by atoms with Gasteiger partial charge in [0.05, 0.1) is 12.6 Å². The fraction of sp³-hybridized carbons (Fsp3) is 0.917. The molecule has 0 radical (unpaired) electrons. The highest BCUT2D eigenvalue weighted by atomic mass is 15.2. The standard InChI is InChI=1S/C12H20N2/c13-8-9-14(10-11-4-3-5-11)12-6-1-2-7-12/h11-12H,1-7,9-10H2. The molecule has 2 nitrogen and oxygen atoms in total. The molecular weight excluding hydrogens is 172 g/mol. The van der Waals surface area contributed by atoms with Crippen LogP contribution in [0.3, 0.4) is 0 Å². The molecule has 0 saturated heterocycles. The lowest BCUT2D eigenvalue weighted by Gasteiger charge is -2.34. The molecule has 0 aromatic heterocycles. The van der Waals surface area contributed by atoms with Crippen molar-refractivity contribution in [3.8, 4) is 6.07 Å². The Kier molecular flexibility index (Phi) is 3.42. The highest BCUT2D eigenvalue weighted by Crippen LogP contribution is 2.30. The van der Waals surface area contributed by atoms with Crippen LogP contribution in [0.1, 0.15) is 44.9 Å². The Balaban J connectivity index is 1.82. The SMILES string of the molecule is N#CCN(CC1CCC1)C1CCCC1. The van der Waals surface area contributed by atoms with E-state index in [4.69, 9.17) is 5.26 Å². The number of hydrogen-bond donors (Lipinski definition) is 0. The van der Waals surface area contributed by atoms with E-state index >= 15 is 0 Å². The second kappa shape index (κ2) is 4.79. The summed E-state index contributed by atoms with van der Waals surface area (Å²) in [7, 11) is 0. The van der Waals surface area contributed by atoms with E-state index in [0.29, 0.717) is 6.54 Å². The smallest absolute Gasteiger partial charge is 0.0868 e. The van der Waals surface area contributed by atoms with E-state index in [-0.39, 0.29) is 0 Å². The van der Waals surface area contributed by atoms with Crippen molar-refractivity contribution in [3.05, 3.63) is 0 Å². The fourth-order valence-electron chi connectivity index (χ4n) is 2.71. The molecule has 2 aliphatic rings. The number of rotatable bonds is 4. The van der Waals surface area contributed by atoms with Gasteiger partial charge in [-0.3, -0.25) is 4.90 Å². The van der Waals surface area contributed by atoms with Crippen molar-refractivity contribution in [1.82, 2.24) is 4.90 Å². The highest BCUT2D eigenvalue weighted by Gasteiger charge is 2.26. The van der Waals surface area contributed by atoms with Gasteiger partial charge in [-0.25, -0.2) is 0 Å². The van der Waals surface area contributed by atoms with Crippen molar-refractivity contribution in [3.63, 3.8) is 0 Å². The van der Waals surface area contributed by atoms with Gasteiger partial charge < -0.3 is 0 Å². The van der Waals surface area contributed by atoms with Gasteiger partial charge in [0.1, 0.15) is 0 Å². The molecule has 2 heteroatoms. The Morgan fingerprint density at radius 2 is 1.79 bits per heavy atom. The lowest BCUT2D eigenvalue weighted by Crippen LogP contribution is -2.39. The van der Waals surface area contributed by atoms with Crippen molar-refractivity contribution in [1.29, 1.82) is 5.26 Å². The quantitative estimate of drug-likeness (QED) is 0.640. The maximum atomic E-state index is 8.81. The maximum absolute atomic E-state index is 8.81. The lowest BCUT2D eigenvalue weighted by molar-refractivity contribution is 0.149. The van der Waals surface area contributed by atoms with E-state index in [9.17, 15) is 0 Å². The molecule has 0 bridgehead atoms. The summed E-state index contributed by atoms with van der Waals surface area (Å²) in [5.41, 5.74) is 0. The topological polar surface area (TPSA) is 27.0 Å². The Morgan fingerprint density at radius 3 is 2.29 bits per heavy atom. The van der Waals surface area contributed by atoms with Gasteiger partial charge in [-0.1, -0.05) is 19.3 Å². The van der Waals surface area contributed by atoms with Crippen molar-refractivity contribution in [2.24, 2.45) is 5.92 Å². The predicted octanol–water partition coefficient (Wildman–Crippen LogP) is 2.55. The van der Waals surface area contributed by atoms with Crippen molar-refractivity contribution in [2.75, 3.05) is 13.1 Å². The third kappa shape index (κ3) is 2.27. The van der Waals surface area contributed by atoms with Crippen molar-refractivity contribution < 1.29 is 0 Å². The van der Waals surface area contributed by atoms with Crippen LogP contribution in [0.2, 0.25) is 0 Å². The summed E-state index contributed by atoms with van der Waals surface area (Å²) in [4.78, 5) is 2.44. The molecule has 0 unspecified atom stereocenters. The van der Waals surface area contributed by atoms with Gasteiger partial charge in [0.25, 0.3) is 0 Å². The van der Waals surface area contributed by atoms with Crippen LogP contribution in [0.15, 0.2) is 0 Å². The summed E-state index contributed by atoms with van der Waals surface area (Å²) in [6.45, 7) is 1.85. The van der Waals surface area contributed by atoms with Crippen LogP contribution < -0.4 is 0 Å². The van der Waals surface area contributed by atoms with Gasteiger partial charge in [0, 0.05) is 12.6 Å². The molecule has 2 saturated carbocycles. The number of nitriles is 1. The fourth-order valence-corrected chi connectivity index (χ4v) is 2.71. The lowest BCUT2D eigenvalue weighted by atomic mass is 9.85. The molecule has 0 aliphatic heterocycles. The normalized spacial score (nSPS) is 23.7. The summed E-state index contributed by atoms with van der Waals surface area (Å²) in [5.74, 6) is 0.906. The minimum absolute atomic E-state index is 0.654. The van der Waals surface area contributed by atoms with E-state index in [1.165, 1.54) is 51.5 Å². The third-order valence-electron chi connectivity index (χ3n) is 3.83. The van der Waals surface area contributed by atoms with Crippen molar-refractivity contribution in [2.45, 2.75) is 51.0 Å². The average Bonchev–Trinajstić information content (AvgIpc) is 2.61. The molecule has 2 fully saturated rings. The van der Waals surface area contributed by atoms with Gasteiger partial charge in [-0.2, -0.15) is 5.26 Å². The van der Waals surface area contributed by atoms with Gasteiger partial charge in [0.15, 0.2) is 0 Å². The Labute approximate surface area is 86.9 Å². The molecule has 0 aromatic rings. The maximum Gasteiger partial charge on any atom is 0.0868 e. The van der Waals surface area contributed by atoms with E-state index in [1.54, 1.807) is 0 Å². The highest BCUT2D eigenvalue weighted by molar-refractivity contribution is 4.87.